The predicted octanol–water partition coefficient (Wildman–Crippen LogP) is 4.52. The van der Waals surface area contributed by atoms with E-state index in [1.54, 1.807) is 14.2 Å². The predicted molar refractivity (Wildman–Crippen MR) is 134 cm³/mol. The average molecular weight is 568 g/mol. The normalized spacial score (nSPS) is 28.3. The standard InChI is InChI=1S/C24H33IN2O3.CO2/c1-5-17-14-27-11-9-24(30-12-10-25)22-19(7-6-8-21(22)29-4)26-23(24)20(27)13-18(17)16(2)15-28-3;2-1-3/h6-8,15,17-18,20H,5,9-14H2,1-4H3;/b16-15-;/t17-,18-,20+,24+;/m1./s1. The maximum Gasteiger partial charge on any atom is 0.373 e. The Bertz CT molecular complexity index is 927. The fourth-order valence-electron chi connectivity index (χ4n) is 5.78. The molecule has 8 heteroatoms. The van der Waals surface area contributed by atoms with Crippen LogP contribution in [0.25, 0.3) is 0 Å². The fraction of sp³-hybridized carbons (Fsp3) is 0.600. The first kappa shape index (κ1) is 25.9. The molecule has 3 heterocycles. The molecule has 4 rings (SSSR count). The Hall–Kier alpha value is -1.74. The van der Waals surface area contributed by atoms with Crippen LogP contribution in [0.5, 0.6) is 5.75 Å². The van der Waals surface area contributed by atoms with Crippen LogP contribution < -0.4 is 4.74 Å². The number of fused-ring (bicyclic) bond motifs is 5. The Kier molecular flexibility index (Phi) is 9.09. The lowest BCUT2D eigenvalue weighted by atomic mass is 9.70. The van der Waals surface area contributed by atoms with Gasteiger partial charge in [0.25, 0.3) is 0 Å². The second-order valence-corrected chi connectivity index (χ2v) is 9.75. The first-order valence-corrected chi connectivity index (χ1v) is 12.9. The first-order valence-electron chi connectivity index (χ1n) is 11.4. The van der Waals surface area contributed by atoms with Crippen LogP contribution in [0.4, 0.5) is 5.69 Å². The third kappa shape index (κ3) is 4.90. The minimum absolute atomic E-state index is 0.250. The number of aliphatic imine (C=N–C) groups is 1. The molecule has 0 unspecified atom stereocenters. The molecule has 1 aromatic rings. The number of carbonyl (C=O) groups excluding carboxylic acids is 2. The van der Waals surface area contributed by atoms with E-state index in [2.05, 4.69) is 47.4 Å². The number of allylic oxidation sites excluding steroid dienone is 1. The van der Waals surface area contributed by atoms with Gasteiger partial charge in [0.1, 0.15) is 11.4 Å². The maximum atomic E-state index is 8.12. The van der Waals surface area contributed by atoms with E-state index in [1.165, 1.54) is 17.7 Å². The van der Waals surface area contributed by atoms with Gasteiger partial charge in [-0.15, -0.1) is 0 Å². The molecule has 0 bridgehead atoms. The lowest BCUT2D eigenvalue weighted by molar-refractivity contribution is -0.191. The highest BCUT2D eigenvalue weighted by Crippen LogP contribution is 2.53. The van der Waals surface area contributed by atoms with E-state index in [4.69, 9.17) is 28.8 Å². The van der Waals surface area contributed by atoms with Gasteiger partial charge in [-0.05, 0) is 49.3 Å². The molecular formula is C25H33IN2O5. The number of hydrogen-bond acceptors (Lipinski definition) is 7. The summed E-state index contributed by atoms with van der Waals surface area (Å²) in [7, 11) is 3.49. The van der Waals surface area contributed by atoms with Crippen molar-refractivity contribution in [2.75, 3.05) is 38.3 Å². The Labute approximate surface area is 209 Å². The smallest absolute Gasteiger partial charge is 0.373 e. The number of rotatable bonds is 7. The highest BCUT2D eigenvalue weighted by atomic mass is 127. The third-order valence-corrected chi connectivity index (χ3v) is 7.58. The van der Waals surface area contributed by atoms with Gasteiger partial charge in [0, 0.05) is 17.5 Å². The minimum atomic E-state index is -0.462. The maximum absolute atomic E-state index is 8.12. The van der Waals surface area contributed by atoms with Gasteiger partial charge in [-0.3, -0.25) is 9.89 Å². The van der Waals surface area contributed by atoms with Gasteiger partial charge in [-0.1, -0.05) is 42.0 Å². The molecule has 2 saturated heterocycles. The number of hydrogen-bond donors (Lipinski definition) is 0. The monoisotopic (exact) mass is 568 g/mol. The summed E-state index contributed by atoms with van der Waals surface area (Å²) in [5, 5.41) is 0. The summed E-state index contributed by atoms with van der Waals surface area (Å²) in [4.78, 5) is 24.1. The van der Waals surface area contributed by atoms with Crippen LogP contribution in [0.1, 0.15) is 38.7 Å². The van der Waals surface area contributed by atoms with E-state index >= 15 is 0 Å². The zero-order chi connectivity index (χ0) is 24.0. The van der Waals surface area contributed by atoms with Crippen molar-refractivity contribution in [2.45, 2.75) is 44.8 Å². The highest BCUT2D eigenvalue weighted by Gasteiger charge is 2.55. The molecule has 0 N–H and O–H groups in total. The summed E-state index contributed by atoms with van der Waals surface area (Å²) in [6.45, 7) is 7.37. The van der Waals surface area contributed by atoms with Gasteiger partial charge >= 0.3 is 6.15 Å². The average Bonchev–Trinajstić information content (AvgIpc) is 3.17. The Morgan fingerprint density at radius 3 is 2.76 bits per heavy atom. The van der Waals surface area contributed by atoms with Crippen LogP contribution in [0.3, 0.4) is 0 Å². The molecule has 3 aliphatic heterocycles. The molecule has 0 aliphatic carbocycles. The quantitative estimate of drug-likeness (QED) is 0.274. The number of halogens is 1. The molecule has 3 aliphatic rings. The number of piperidine rings is 2. The van der Waals surface area contributed by atoms with Crippen molar-refractivity contribution in [3.8, 4) is 5.75 Å². The summed E-state index contributed by atoms with van der Waals surface area (Å²) in [6, 6.07) is 6.47. The van der Waals surface area contributed by atoms with Crippen LogP contribution >= 0.6 is 22.6 Å². The third-order valence-electron chi connectivity index (χ3n) is 7.14. The largest absolute Gasteiger partial charge is 0.504 e. The van der Waals surface area contributed by atoms with Crippen molar-refractivity contribution in [1.82, 2.24) is 4.90 Å². The minimum Gasteiger partial charge on any atom is -0.504 e. The van der Waals surface area contributed by atoms with Gasteiger partial charge in [-0.25, -0.2) is 0 Å². The van der Waals surface area contributed by atoms with Crippen LogP contribution in [-0.4, -0.2) is 61.1 Å². The van der Waals surface area contributed by atoms with Crippen molar-refractivity contribution in [3.63, 3.8) is 0 Å². The van der Waals surface area contributed by atoms with Crippen molar-refractivity contribution >= 4 is 40.1 Å². The number of benzene rings is 1. The molecule has 2 fully saturated rings. The van der Waals surface area contributed by atoms with E-state index in [0.29, 0.717) is 18.4 Å². The number of methoxy groups -OCH3 is 2. The molecule has 0 spiro atoms. The Morgan fingerprint density at radius 1 is 1.36 bits per heavy atom. The van der Waals surface area contributed by atoms with Gasteiger partial charge < -0.3 is 14.2 Å². The number of alkyl halides is 1. The Morgan fingerprint density at radius 2 is 2.12 bits per heavy atom. The second kappa shape index (κ2) is 11.6. The molecule has 33 heavy (non-hydrogen) atoms. The van der Waals surface area contributed by atoms with Crippen molar-refractivity contribution in [2.24, 2.45) is 16.8 Å². The lowest BCUT2D eigenvalue weighted by Crippen LogP contribution is -2.61. The molecule has 0 saturated carbocycles. The van der Waals surface area contributed by atoms with E-state index in [0.717, 1.165) is 47.4 Å². The van der Waals surface area contributed by atoms with Gasteiger partial charge in [-0.2, -0.15) is 9.59 Å². The fourth-order valence-corrected chi connectivity index (χ4v) is 6.00. The molecular weight excluding hydrogens is 535 g/mol. The molecule has 7 nitrogen and oxygen atoms in total. The molecule has 180 valence electrons. The SMILES string of the molecule is CC[C@@H]1CN2CC[C@@]3(OCCI)C(=Nc4cccc(OC)c43)[C@@H]2C[C@@H]1/C(C)=C\OC.O=C=O. The zero-order valence-corrected chi connectivity index (χ0v) is 22.0. The lowest BCUT2D eigenvalue weighted by Gasteiger charge is -2.51. The first-order chi connectivity index (χ1) is 16.0. The summed E-state index contributed by atoms with van der Waals surface area (Å²) in [5.74, 6) is 2.04. The van der Waals surface area contributed by atoms with E-state index in [9.17, 15) is 0 Å². The zero-order valence-electron chi connectivity index (χ0n) is 19.8. The Balaban J connectivity index is 0.000000968. The summed E-state index contributed by atoms with van der Waals surface area (Å²) < 4.78 is 18.8. The number of nitrogens with zero attached hydrogens (tertiary/aromatic N) is 2. The molecule has 1 aromatic carbocycles. The molecule has 0 radical (unpaired) electrons. The van der Waals surface area contributed by atoms with Gasteiger partial charge in [0.2, 0.25) is 0 Å². The van der Waals surface area contributed by atoms with E-state index < -0.39 is 5.60 Å². The van der Waals surface area contributed by atoms with Crippen molar-refractivity contribution < 1.29 is 23.8 Å². The van der Waals surface area contributed by atoms with E-state index in [1.807, 2.05) is 18.4 Å². The van der Waals surface area contributed by atoms with Crippen molar-refractivity contribution in [1.29, 1.82) is 0 Å². The number of ether oxygens (including phenoxy) is 3. The molecule has 0 amide bonds. The van der Waals surface area contributed by atoms with Crippen LogP contribution in [0.2, 0.25) is 0 Å². The van der Waals surface area contributed by atoms with Gasteiger partial charge in [0.15, 0.2) is 0 Å². The van der Waals surface area contributed by atoms with Crippen LogP contribution in [0, 0.1) is 11.8 Å². The highest BCUT2D eigenvalue weighted by molar-refractivity contribution is 14.1. The van der Waals surface area contributed by atoms with Crippen molar-refractivity contribution in [3.05, 3.63) is 35.6 Å². The van der Waals surface area contributed by atoms with Gasteiger partial charge in [0.05, 0.1) is 50.1 Å². The van der Waals surface area contributed by atoms with Crippen LogP contribution in [-0.2, 0) is 24.7 Å². The molecule has 0 aromatic heterocycles. The summed E-state index contributed by atoms with van der Waals surface area (Å²) >= 11 is 2.39. The molecule has 4 atom stereocenters. The summed E-state index contributed by atoms with van der Waals surface area (Å²) in [5.41, 5.74) is 4.20. The summed E-state index contributed by atoms with van der Waals surface area (Å²) in [6.07, 6.45) is 5.36. The second-order valence-electron chi connectivity index (χ2n) is 8.67. The van der Waals surface area contributed by atoms with E-state index in [-0.39, 0.29) is 12.2 Å². The topological polar surface area (TPSA) is 77.4 Å². The van der Waals surface area contributed by atoms with Crippen LogP contribution in [0.15, 0.2) is 35.0 Å².